The molecule has 0 unspecified atom stereocenters. The summed E-state index contributed by atoms with van der Waals surface area (Å²) >= 11 is 5.82. The lowest BCUT2D eigenvalue weighted by Gasteiger charge is -2.32. The molecule has 3 heterocycles. The predicted octanol–water partition coefficient (Wildman–Crippen LogP) is 1.72. The van der Waals surface area contributed by atoms with Crippen molar-refractivity contribution in [2.24, 2.45) is 0 Å². The van der Waals surface area contributed by atoms with Crippen LogP contribution in [0.25, 0.3) is 0 Å². The van der Waals surface area contributed by atoms with Gasteiger partial charge in [-0.25, -0.2) is 4.98 Å². The summed E-state index contributed by atoms with van der Waals surface area (Å²) in [6.45, 7) is 3.63. The average molecular weight is 350 g/mol. The van der Waals surface area contributed by atoms with Crippen LogP contribution >= 0.6 is 11.6 Å². The van der Waals surface area contributed by atoms with Crippen LogP contribution in [0.3, 0.4) is 0 Å². The van der Waals surface area contributed by atoms with Crippen LogP contribution in [0.4, 0.5) is 0 Å². The van der Waals surface area contributed by atoms with E-state index < -0.39 is 0 Å². The van der Waals surface area contributed by atoms with E-state index in [2.05, 4.69) is 15.1 Å². The molecule has 0 bridgehead atoms. The molecular formula is C16H20ClN5O2. The van der Waals surface area contributed by atoms with Gasteiger partial charge >= 0.3 is 0 Å². The van der Waals surface area contributed by atoms with Crippen molar-refractivity contribution in [3.05, 3.63) is 45.4 Å². The number of halogens is 1. The van der Waals surface area contributed by atoms with Gasteiger partial charge in [-0.15, -0.1) is 0 Å². The smallest absolute Gasteiger partial charge is 0.251 e. The van der Waals surface area contributed by atoms with Gasteiger partial charge in [-0.3, -0.25) is 14.3 Å². The molecule has 24 heavy (non-hydrogen) atoms. The number of carbonyl (C=O) groups is 1. The highest BCUT2D eigenvalue weighted by Gasteiger charge is 2.25. The maximum Gasteiger partial charge on any atom is 0.251 e. The van der Waals surface area contributed by atoms with Crippen LogP contribution in [0.2, 0.25) is 5.02 Å². The summed E-state index contributed by atoms with van der Waals surface area (Å²) in [5.74, 6) is 0.812. The summed E-state index contributed by atoms with van der Waals surface area (Å²) < 4.78 is 1.67. The monoisotopic (exact) mass is 349 g/mol. The third-order valence-electron chi connectivity index (χ3n) is 4.23. The summed E-state index contributed by atoms with van der Waals surface area (Å²) in [7, 11) is 0. The van der Waals surface area contributed by atoms with Crippen LogP contribution in [-0.4, -0.2) is 43.6 Å². The fraction of sp³-hybridized carbons (Fsp3) is 0.500. The first-order valence-corrected chi connectivity index (χ1v) is 8.42. The Bertz CT molecular complexity index is 785. The van der Waals surface area contributed by atoms with E-state index in [9.17, 15) is 9.59 Å². The highest BCUT2D eigenvalue weighted by Crippen LogP contribution is 2.25. The minimum absolute atomic E-state index is 0.0906. The molecule has 7 nitrogen and oxygen atoms in total. The highest BCUT2D eigenvalue weighted by atomic mass is 35.5. The van der Waals surface area contributed by atoms with E-state index >= 15 is 0 Å². The first kappa shape index (κ1) is 16.7. The van der Waals surface area contributed by atoms with Gasteiger partial charge in [0.2, 0.25) is 5.91 Å². The Labute approximate surface area is 144 Å². The SMILES string of the molecule is Cc1nc([C@H]2CCCN(C(=O)CCn3cc(Cl)cn3)C2)cc(=O)[nH]1. The Morgan fingerprint density at radius 1 is 1.50 bits per heavy atom. The maximum absolute atomic E-state index is 12.5. The standard InChI is InChI=1S/C16H20ClN5O2/c1-11-19-14(7-15(23)20-11)12-3-2-5-21(9-12)16(24)4-6-22-10-13(17)8-18-22/h7-8,10,12H,2-6,9H2,1H3,(H,19,20,23)/t12-/m0/s1. The van der Waals surface area contributed by atoms with Crippen LogP contribution < -0.4 is 5.56 Å². The minimum atomic E-state index is -0.142. The third kappa shape index (κ3) is 4.03. The van der Waals surface area contributed by atoms with Gasteiger partial charge in [0.15, 0.2) is 0 Å². The van der Waals surface area contributed by atoms with E-state index in [1.807, 2.05) is 4.90 Å². The number of aromatic nitrogens is 4. The van der Waals surface area contributed by atoms with Crippen LogP contribution in [0.1, 0.15) is 36.7 Å². The maximum atomic E-state index is 12.5. The number of nitrogens with zero attached hydrogens (tertiary/aromatic N) is 4. The van der Waals surface area contributed by atoms with Crippen molar-refractivity contribution in [2.45, 2.75) is 38.6 Å². The number of hydrogen-bond acceptors (Lipinski definition) is 4. The number of amides is 1. The number of likely N-dealkylation sites (tertiary alicyclic amines) is 1. The van der Waals surface area contributed by atoms with Crippen molar-refractivity contribution in [3.8, 4) is 0 Å². The van der Waals surface area contributed by atoms with Crippen molar-refractivity contribution < 1.29 is 4.79 Å². The molecule has 0 saturated carbocycles. The number of rotatable bonds is 4. The van der Waals surface area contributed by atoms with Gasteiger partial charge in [-0.2, -0.15) is 5.10 Å². The predicted molar refractivity (Wildman–Crippen MR) is 90.0 cm³/mol. The second-order valence-electron chi connectivity index (χ2n) is 6.11. The molecule has 128 valence electrons. The van der Waals surface area contributed by atoms with Gasteiger partial charge in [-0.05, 0) is 19.8 Å². The molecule has 1 amide bonds. The third-order valence-corrected chi connectivity index (χ3v) is 4.42. The van der Waals surface area contributed by atoms with E-state index in [-0.39, 0.29) is 17.4 Å². The van der Waals surface area contributed by atoms with Crippen molar-refractivity contribution in [3.63, 3.8) is 0 Å². The van der Waals surface area contributed by atoms with Crippen LogP contribution in [0.5, 0.6) is 0 Å². The fourth-order valence-electron chi connectivity index (χ4n) is 3.09. The zero-order chi connectivity index (χ0) is 17.1. The number of H-pyrrole nitrogens is 1. The van der Waals surface area contributed by atoms with Crippen molar-refractivity contribution in [1.29, 1.82) is 0 Å². The van der Waals surface area contributed by atoms with Gasteiger partial charge in [-0.1, -0.05) is 11.6 Å². The molecule has 0 aromatic carbocycles. The number of piperidine rings is 1. The molecule has 1 fully saturated rings. The molecule has 1 aliphatic heterocycles. The first-order chi connectivity index (χ1) is 11.5. The summed E-state index contributed by atoms with van der Waals surface area (Å²) in [5, 5.41) is 4.65. The van der Waals surface area contributed by atoms with Gasteiger partial charge < -0.3 is 9.88 Å². The Kier molecular flexibility index (Phi) is 4.99. The zero-order valence-corrected chi connectivity index (χ0v) is 14.3. The summed E-state index contributed by atoms with van der Waals surface area (Å²) in [6, 6.07) is 1.54. The lowest BCUT2D eigenvalue weighted by Crippen LogP contribution is -2.40. The van der Waals surface area contributed by atoms with E-state index in [0.717, 1.165) is 25.1 Å². The summed E-state index contributed by atoms with van der Waals surface area (Å²) in [6.07, 6.45) is 5.50. The van der Waals surface area contributed by atoms with E-state index in [1.54, 1.807) is 24.0 Å². The first-order valence-electron chi connectivity index (χ1n) is 8.05. The molecule has 2 aromatic rings. The van der Waals surface area contributed by atoms with Crippen molar-refractivity contribution >= 4 is 17.5 Å². The Morgan fingerprint density at radius 2 is 2.33 bits per heavy atom. The topological polar surface area (TPSA) is 83.9 Å². The van der Waals surface area contributed by atoms with E-state index in [0.29, 0.717) is 30.4 Å². The molecule has 3 rings (SSSR count). The normalized spacial score (nSPS) is 17.9. The number of hydrogen-bond donors (Lipinski definition) is 1. The molecule has 1 atom stereocenters. The molecule has 1 N–H and O–H groups in total. The van der Waals surface area contributed by atoms with Crippen molar-refractivity contribution in [2.75, 3.05) is 13.1 Å². The molecule has 0 spiro atoms. The van der Waals surface area contributed by atoms with Gasteiger partial charge in [0.05, 0.1) is 16.9 Å². The molecule has 0 radical (unpaired) electrons. The zero-order valence-electron chi connectivity index (χ0n) is 13.5. The summed E-state index contributed by atoms with van der Waals surface area (Å²) in [4.78, 5) is 33.0. The number of aromatic amines is 1. The number of aryl methyl sites for hydroxylation is 2. The average Bonchev–Trinajstić information content (AvgIpc) is 2.97. The molecule has 1 aliphatic rings. The molecule has 1 saturated heterocycles. The number of carbonyl (C=O) groups excluding carboxylic acids is 1. The molecular weight excluding hydrogens is 330 g/mol. The van der Waals surface area contributed by atoms with Crippen LogP contribution in [0, 0.1) is 6.92 Å². The summed E-state index contributed by atoms with van der Waals surface area (Å²) in [5.41, 5.74) is 0.629. The fourth-order valence-corrected chi connectivity index (χ4v) is 3.24. The lowest BCUT2D eigenvalue weighted by molar-refractivity contribution is -0.132. The molecule has 2 aromatic heterocycles. The largest absolute Gasteiger partial charge is 0.342 e. The van der Waals surface area contributed by atoms with Gasteiger partial charge in [0, 0.05) is 44.2 Å². The van der Waals surface area contributed by atoms with Gasteiger partial charge in [0.1, 0.15) is 5.82 Å². The molecule has 0 aliphatic carbocycles. The van der Waals surface area contributed by atoms with Gasteiger partial charge in [0.25, 0.3) is 5.56 Å². The van der Waals surface area contributed by atoms with Crippen LogP contribution in [-0.2, 0) is 11.3 Å². The number of nitrogens with one attached hydrogen (secondary N) is 1. The highest BCUT2D eigenvalue weighted by molar-refractivity contribution is 6.30. The Hall–Kier alpha value is -2.15. The van der Waals surface area contributed by atoms with E-state index in [1.165, 1.54) is 6.07 Å². The Balaban J connectivity index is 1.62. The second kappa shape index (κ2) is 7.17. The lowest BCUT2D eigenvalue weighted by atomic mass is 9.94. The van der Waals surface area contributed by atoms with Crippen LogP contribution in [0.15, 0.2) is 23.3 Å². The molecule has 8 heteroatoms. The minimum Gasteiger partial charge on any atom is -0.342 e. The van der Waals surface area contributed by atoms with Crippen molar-refractivity contribution in [1.82, 2.24) is 24.6 Å². The second-order valence-corrected chi connectivity index (χ2v) is 6.54. The quantitative estimate of drug-likeness (QED) is 0.911. The Morgan fingerprint density at radius 3 is 3.04 bits per heavy atom. The van der Waals surface area contributed by atoms with E-state index in [4.69, 9.17) is 11.6 Å².